The van der Waals surface area contributed by atoms with E-state index >= 15 is 0 Å². The van der Waals surface area contributed by atoms with Gasteiger partial charge in [0, 0.05) is 30.9 Å². The van der Waals surface area contributed by atoms with Crippen molar-refractivity contribution >= 4 is 23.2 Å². The summed E-state index contributed by atoms with van der Waals surface area (Å²) in [5, 5.41) is 0. The molecular formula is C13H24Cl2O. The number of halogens is 2. The number of hydrogen-bond acceptors (Lipinski definition) is 1. The van der Waals surface area contributed by atoms with Gasteiger partial charge in [0.1, 0.15) is 0 Å². The lowest BCUT2D eigenvalue weighted by Crippen LogP contribution is -2.33. The van der Waals surface area contributed by atoms with E-state index in [0.29, 0.717) is 11.8 Å². The van der Waals surface area contributed by atoms with Crippen LogP contribution in [0.15, 0.2) is 0 Å². The first kappa shape index (κ1) is 14.6. The third kappa shape index (κ3) is 3.78. The van der Waals surface area contributed by atoms with Crippen LogP contribution < -0.4 is 0 Å². The van der Waals surface area contributed by atoms with Gasteiger partial charge in [0.2, 0.25) is 0 Å². The van der Waals surface area contributed by atoms with E-state index in [1.165, 1.54) is 32.1 Å². The fraction of sp³-hybridized carbons (Fsp3) is 1.00. The van der Waals surface area contributed by atoms with E-state index in [4.69, 9.17) is 27.9 Å². The zero-order valence-electron chi connectivity index (χ0n) is 10.3. The Kier molecular flexibility index (Phi) is 7.11. The molecule has 0 N–H and O–H groups in total. The lowest BCUT2D eigenvalue weighted by atomic mass is 9.74. The zero-order chi connectivity index (χ0) is 11.9. The molecule has 0 aromatic carbocycles. The van der Waals surface area contributed by atoms with E-state index in [2.05, 4.69) is 0 Å². The molecule has 1 saturated carbocycles. The molecule has 16 heavy (non-hydrogen) atoms. The number of rotatable bonds is 8. The van der Waals surface area contributed by atoms with Gasteiger partial charge in [0.05, 0.1) is 0 Å². The molecule has 0 heterocycles. The van der Waals surface area contributed by atoms with Gasteiger partial charge in [-0.25, -0.2) is 0 Å². The molecule has 0 saturated heterocycles. The van der Waals surface area contributed by atoms with Gasteiger partial charge >= 0.3 is 0 Å². The third-order valence-corrected chi connectivity index (χ3v) is 5.09. The maximum Gasteiger partial charge on any atom is 0.0462 e. The summed E-state index contributed by atoms with van der Waals surface area (Å²) in [4.78, 5) is 0. The molecule has 0 unspecified atom stereocenters. The van der Waals surface area contributed by atoms with Crippen molar-refractivity contribution in [3.8, 4) is 0 Å². The van der Waals surface area contributed by atoms with Crippen LogP contribution in [0.25, 0.3) is 0 Å². The number of unbranched alkanes of at least 4 members (excludes halogenated alkanes) is 1. The summed E-state index contributed by atoms with van der Waals surface area (Å²) in [6.07, 6.45) is 8.83. The van der Waals surface area contributed by atoms with Crippen molar-refractivity contribution in [2.75, 3.05) is 25.5 Å². The van der Waals surface area contributed by atoms with E-state index in [1.807, 2.05) is 0 Å². The van der Waals surface area contributed by atoms with Crippen LogP contribution in [0.2, 0.25) is 0 Å². The minimum atomic E-state index is 0.188. The van der Waals surface area contributed by atoms with Crippen LogP contribution in [-0.2, 0) is 4.74 Å². The minimum absolute atomic E-state index is 0.188. The van der Waals surface area contributed by atoms with Crippen molar-refractivity contribution in [1.29, 1.82) is 0 Å². The summed E-state index contributed by atoms with van der Waals surface area (Å²) in [5.74, 6) is 2.19. The molecule has 1 rings (SSSR count). The molecule has 1 fully saturated rings. The van der Waals surface area contributed by atoms with E-state index in [-0.39, 0.29) is 5.41 Å². The lowest BCUT2D eigenvalue weighted by molar-refractivity contribution is 0.169. The molecule has 1 aliphatic carbocycles. The maximum atomic E-state index is 6.20. The predicted octanol–water partition coefficient (Wildman–Crippen LogP) is 4.46. The molecule has 0 spiro atoms. The lowest BCUT2D eigenvalue weighted by Gasteiger charge is -2.36. The molecule has 0 amide bonds. The molecule has 0 aromatic heterocycles. The summed E-state index contributed by atoms with van der Waals surface area (Å²) in [5.41, 5.74) is 0.188. The Morgan fingerprint density at radius 3 is 2.25 bits per heavy atom. The second kappa shape index (κ2) is 7.79. The van der Waals surface area contributed by atoms with Gasteiger partial charge in [0.25, 0.3) is 0 Å². The number of ether oxygens (including phenoxy) is 1. The first-order valence-electron chi connectivity index (χ1n) is 6.40. The summed E-state index contributed by atoms with van der Waals surface area (Å²) in [6.45, 7) is 0.852. The zero-order valence-corrected chi connectivity index (χ0v) is 11.8. The van der Waals surface area contributed by atoms with E-state index in [9.17, 15) is 0 Å². The SMILES string of the molecule is COCCCCC(CCl)(CCl)C1CCCC1. The van der Waals surface area contributed by atoms with Gasteiger partial charge in [-0.05, 0) is 31.6 Å². The molecule has 96 valence electrons. The molecule has 0 aliphatic heterocycles. The predicted molar refractivity (Wildman–Crippen MR) is 71.6 cm³/mol. The Morgan fingerprint density at radius 2 is 1.75 bits per heavy atom. The Labute approximate surface area is 110 Å². The molecule has 0 bridgehead atoms. The Balaban J connectivity index is 2.43. The fourth-order valence-electron chi connectivity index (χ4n) is 2.85. The van der Waals surface area contributed by atoms with E-state index in [1.54, 1.807) is 7.11 Å². The minimum Gasteiger partial charge on any atom is -0.385 e. The van der Waals surface area contributed by atoms with Gasteiger partial charge in [0.15, 0.2) is 0 Å². The highest BCUT2D eigenvalue weighted by Gasteiger charge is 2.38. The monoisotopic (exact) mass is 266 g/mol. The average Bonchev–Trinajstić information content (AvgIpc) is 2.84. The summed E-state index contributed by atoms with van der Waals surface area (Å²) < 4.78 is 5.08. The fourth-order valence-corrected chi connectivity index (χ4v) is 3.84. The second-order valence-corrected chi connectivity index (χ2v) is 5.60. The Morgan fingerprint density at radius 1 is 1.12 bits per heavy atom. The highest BCUT2D eigenvalue weighted by atomic mass is 35.5. The summed E-state index contributed by atoms with van der Waals surface area (Å²) >= 11 is 12.4. The first-order valence-corrected chi connectivity index (χ1v) is 7.47. The van der Waals surface area contributed by atoms with E-state index < -0.39 is 0 Å². The van der Waals surface area contributed by atoms with Crippen molar-refractivity contribution in [3.05, 3.63) is 0 Å². The van der Waals surface area contributed by atoms with Gasteiger partial charge in [-0.1, -0.05) is 19.3 Å². The molecule has 3 heteroatoms. The van der Waals surface area contributed by atoms with Crippen molar-refractivity contribution < 1.29 is 4.74 Å². The van der Waals surface area contributed by atoms with Gasteiger partial charge in [-0.2, -0.15) is 0 Å². The largest absolute Gasteiger partial charge is 0.385 e. The van der Waals surface area contributed by atoms with Gasteiger partial charge in [-0.15, -0.1) is 23.2 Å². The molecule has 0 radical (unpaired) electrons. The molecule has 0 atom stereocenters. The second-order valence-electron chi connectivity index (χ2n) is 5.06. The maximum absolute atomic E-state index is 6.20. The standard InChI is InChI=1S/C13H24Cl2O/c1-16-9-5-4-8-13(10-14,11-15)12-6-2-3-7-12/h12H,2-11H2,1H3. The average molecular weight is 267 g/mol. The van der Waals surface area contributed by atoms with Crippen molar-refractivity contribution in [2.24, 2.45) is 11.3 Å². The van der Waals surface area contributed by atoms with Crippen LogP contribution in [-0.4, -0.2) is 25.5 Å². The van der Waals surface area contributed by atoms with Crippen LogP contribution in [0.3, 0.4) is 0 Å². The normalized spacial score (nSPS) is 18.2. The number of methoxy groups -OCH3 is 1. The quantitative estimate of drug-likeness (QED) is 0.466. The smallest absolute Gasteiger partial charge is 0.0462 e. The van der Waals surface area contributed by atoms with E-state index in [0.717, 1.165) is 25.4 Å². The van der Waals surface area contributed by atoms with Crippen LogP contribution in [0.1, 0.15) is 44.9 Å². The highest BCUT2D eigenvalue weighted by molar-refractivity contribution is 6.21. The van der Waals surface area contributed by atoms with Crippen LogP contribution in [0, 0.1) is 11.3 Å². The van der Waals surface area contributed by atoms with Crippen molar-refractivity contribution in [3.63, 3.8) is 0 Å². The summed E-state index contributed by atoms with van der Waals surface area (Å²) in [7, 11) is 1.76. The summed E-state index contributed by atoms with van der Waals surface area (Å²) in [6, 6.07) is 0. The number of hydrogen-bond donors (Lipinski definition) is 0. The van der Waals surface area contributed by atoms with Crippen LogP contribution in [0.5, 0.6) is 0 Å². The van der Waals surface area contributed by atoms with Crippen molar-refractivity contribution in [1.82, 2.24) is 0 Å². The highest BCUT2D eigenvalue weighted by Crippen LogP contribution is 2.45. The van der Waals surface area contributed by atoms with Crippen LogP contribution >= 0.6 is 23.2 Å². The van der Waals surface area contributed by atoms with Crippen molar-refractivity contribution in [2.45, 2.75) is 44.9 Å². The topological polar surface area (TPSA) is 9.23 Å². The first-order chi connectivity index (χ1) is 7.79. The Bertz CT molecular complexity index is 175. The number of alkyl halides is 2. The van der Waals surface area contributed by atoms with Crippen LogP contribution in [0.4, 0.5) is 0 Å². The van der Waals surface area contributed by atoms with Gasteiger partial charge in [-0.3, -0.25) is 0 Å². The Hall–Kier alpha value is 0.540. The third-order valence-electron chi connectivity index (χ3n) is 4.03. The van der Waals surface area contributed by atoms with Gasteiger partial charge < -0.3 is 4.74 Å². The molecular weight excluding hydrogens is 243 g/mol. The molecule has 1 nitrogen and oxygen atoms in total. The molecule has 0 aromatic rings. The molecule has 1 aliphatic rings.